The van der Waals surface area contributed by atoms with Crippen LogP contribution < -0.4 is 0 Å². The Morgan fingerprint density at radius 3 is 2.65 bits per heavy atom. The predicted molar refractivity (Wildman–Crippen MR) is 83.9 cm³/mol. The summed E-state index contributed by atoms with van der Waals surface area (Å²) >= 11 is 0. The standard InChI is InChI=1S/C17H19N3O3/c1-11-3-5-12(6-4-11)7-15(21)20-8-13(17(22)23)16-14(9-20)18-10-19(16)2/h3-6,10,13H,7-9H2,1-2H3,(H,22,23)/t13-/m1/s1. The number of amides is 1. The van der Waals surface area contributed by atoms with Gasteiger partial charge in [0.2, 0.25) is 5.91 Å². The highest BCUT2D eigenvalue weighted by Gasteiger charge is 2.35. The first-order valence-electron chi connectivity index (χ1n) is 7.52. The van der Waals surface area contributed by atoms with Crippen LogP contribution in [0.3, 0.4) is 0 Å². The largest absolute Gasteiger partial charge is 0.481 e. The molecule has 1 aliphatic rings. The molecule has 120 valence electrons. The molecule has 1 aliphatic heterocycles. The number of rotatable bonds is 3. The van der Waals surface area contributed by atoms with Crippen LogP contribution >= 0.6 is 0 Å². The summed E-state index contributed by atoms with van der Waals surface area (Å²) < 4.78 is 1.73. The Bertz CT molecular complexity index is 749. The van der Waals surface area contributed by atoms with Gasteiger partial charge in [-0.1, -0.05) is 29.8 Å². The van der Waals surface area contributed by atoms with Crippen LogP contribution in [0.5, 0.6) is 0 Å². The zero-order chi connectivity index (χ0) is 16.6. The molecular weight excluding hydrogens is 294 g/mol. The molecule has 1 aromatic heterocycles. The van der Waals surface area contributed by atoms with Crippen LogP contribution in [0.15, 0.2) is 30.6 Å². The molecule has 0 radical (unpaired) electrons. The fourth-order valence-electron chi connectivity index (χ4n) is 2.99. The first-order chi connectivity index (χ1) is 11.0. The number of hydrogen-bond donors (Lipinski definition) is 1. The Labute approximate surface area is 134 Å². The molecule has 2 aromatic rings. The summed E-state index contributed by atoms with van der Waals surface area (Å²) in [6.45, 7) is 2.55. The van der Waals surface area contributed by atoms with Crippen molar-refractivity contribution in [2.45, 2.75) is 25.8 Å². The normalized spacial score (nSPS) is 17.0. The number of carboxylic acid groups (broad SMARTS) is 1. The van der Waals surface area contributed by atoms with Gasteiger partial charge in [0.1, 0.15) is 5.92 Å². The van der Waals surface area contributed by atoms with E-state index in [1.807, 2.05) is 31.2 Å². The minimum atomic E-state index is -0.928. The van der Waals surface area contributed by atoms with Gasteiger partial charge in [-0.2, -0.15) is 0 Å². The van der Waals surface area contributed by atoms with Crippen molar-refractivity contribution in [3.63, 3.8) is 0 Å². The van der Waals surface area contributed by atoms with E-state index in [9.17, 15) is 14.7 Å². The maximum absolute atomic E-state index is 12.5. The van der Waals surface area contributed by atoms with Crippen molar-refractivity contribution in [1.82, 2.24) is 14.5 Å². The van der Waals surface area contributed by atoms with E-state index in [0.717, 1.165) is 11.1 Å². The lowest BCUT2D eigenvalue weighted by Gasteiger charge is -2.31. The lowest BCUT2D eigenvalue weighted by molar-refractivity contribution is -0.141. The Hall–Kier alpha value is -2.63. The predicted octanol–water partition coefficient (Wildman–Crippen LogP) is 1.48. The van der Waals surface area contributed by atoms with E-state index in [2.05, 4.69) is 4.98 Å². The lowest BCUT2D eigenvalue weighted by atomic mass is 9.97. The van der Waals surface area contributed by atoms with Gasteiger partial charge in [0.25, 0.3) is 0 Å². The molecule has 0 bridgehead atoms. The fourth-order valence-corrected chi connectivity index (χ4v) is 2.99. The Morgan fingerprint density at radius 2 is 2.00 bits per heavy atom. The molecular formula is C17H19N3O3. The fraction of sp³-hybridized carbons (Fsp3) is 0.353. The van der Waals surface area contributed by atoms with Gasteiger partial charge >= 0.3 is 5.97 Å². The van der Waals surface area contributed by atoms with Crippen molar-refractivity contribution >= 4 is 11.9 Å². The van der Waals surface area contributed by atoms with Crippen molar-refractivity contribution in [2.24, 2.45) is 7.05 Å². The van der Waals surface area contributed by atoms with E-state index < -0.39 is 11.9 Å². The molecule has 1 N–H and O–H groups in total. The number of carbonyl (C=O) groups excluding carboxylic acids is 1. The maximum Gasteiger partial charge on any atom is 0.314 e. The maximum atomic E-state index is 12.5. The minimum Gasteiger partial charge on any atom is -0.481 e. The van der Waals surface area contributed by atoms with E-state index in [0.29, 0.717) is 17.9 Å². The van der Waals surface area contributed by atoms with Gasteiger partial charge in [-0.15, -0.1) is 0 Å². The highest BCUT2D eigenvalue weighted by atomic mass is 16.4. The number of benzene rings is 1. The van der Waals surface area contributed by atoms with Crippen LogP contribution in [-0.2, 0) is 29.6 Å². The monoisotopic (exact) mass is 313 g/mol. The Kier molecular flexibility index (Phi) is 3.90. The first kappa shape index (κ1) is 15.3. The number of carbonyl (C=O) groups is 2. The second-order valence-corrected chi connectivity index (χ2v) is 6.01. The Morgan fingerprint density at radius 1 is 1.30 bits per heavy atom. The molecule has 6 nitrogen and oxygen atoms in total. The van der Waals surface area contributed by atoms with Crippen LogP contribution in [0.4, 0.5) is 0 Å². The molecule has 23 heavy (non-hydrogen) atoms. The third kappa shape index (κ3) is 2.97. The number of aryl methyl sites for hydroxylation is 2. The zero-order valence-corrected chi connectivity index (χ0v) is 13.2. The SMILES string of the molecule is Cc1ccc(CC(=O)N2Cc3ncn(C)c3[C@H](C(=O)O)C2)cc1. The first-order valence-corrected chi connectivity index (χ1v) is 7.52. The average molecular weight is 313 g/mol. The van der Waals surface area contributed by atoms with Crippen LogP contribution in [-0.4, -0.2) is 38.0 Å². The van der Waals surface area contributed by atoms with Crippen molar-refractivity contribution in [1.29, 1.82) is 0 Å². The third-order valence-corrected chi connectivity index (χ3v) is 4.26. The van der Waals surface area contributed by atoms with Gasteiger partial charge in [-0.3, -0.25) is 9.59 Å². The lowest BCUT2D eigenvalue weighted by Crippen LogP contribution is -2.41. The summed E-state index contributed by atoms with van der Waals surface area (Å²) in [6, 6.07) is 7.79. The van der Waals surface area contributed by atoms with Crippen LogP contribution in [0, 0.1) is 6.92 Å². The van der Waals surface area contributed by atoms with Crippen molar-refractivity contribution in [2.75, 3.05) is 6.54 Å². The van der Waals surface area contributed by atoms with Gasteiger partial charge in [-0.25, -0.2) is 4.98 Å². The molecule has 0 saturated carbocycles. The molecule has 2 heterocycles. The molecule has 0 aliphatic carbocycles. The number of aliphatic carboxylic acids is 1. The van der Waals surface area contributed by atoms with Gasteiger partial charge in [-0.05, 0) is 12.5 Å². The molecule has 1 amide bonds. The second-order valence-electron chi connectivity index (χ2n) is 6.01. The summed E-state index contributed by atoms with van der Waals surface area (Å²) in [5, 5.41) is 9.47. The second kappa shape index (κ2) is 5.87. The number of carboxylic acids is 1. The van der Waals surface area contributed by atoms with E-state index in [1.54, 1.807) is 22.8 Å². The van der Waals surface area contributed by atoms with Crippen LogP contribution in [0.2, 0.25) is 0 Å². The van der Waals surface area contributed by atoms with Crippen LogP contribution in [0.25, 0.3) is 0 Å². The molecule has 6 heteroatoms. The molecule has 1 aromatic carbocycles. The summed E-state index contributed by atoms with van der Waals surface area (Å²) in [5.41, 5.74) is 3.43. The topological polar surface area (TPSA) is 75.4 Å². The molecule has 3 rings (SSSR count). The molecule has 0 fully saturated rings. The molecule has 1 atom stereocenters. The summed E-state index contributed by atoms with van der Waals surface area (Å²) in [6.07, 6.45) is 1.88. The zero-order valence-electron chi connectivity index (χ0n) is 13.2. The number of nitrogens with zero attached hydrogens (tertiary/aromatic N) is 3. The van der Waals surface area contributed by atoms with Crippen LogP contribution in [0.1, 0.15) is 28.4 Å². The van der Waals surface area contributed by atoms with E-state index in [1.165, 1.54) is 0 Å². The Balaban J connectivity index is 1.80. The highest BCUT2D eigenvalue weighted by Crippen LogP contribution is 2.28. The molecule has 0 unspecified atom stereocenters. The molecule has 0 saturated heterocycles. The van der Waals surface area contributed by atoms with Crippen molar-refractivity contribution in [3.8, 4) is 0 Å². The highest BCUT2D eigenvalue weighted by molar-refractivity contribution is 5.82. The smallest absolute Gasteiger partial charge is 0.314 e. The minimum absolute atomic E-state index is 0.0728. The number of hydrogen-bond acceptors (Lipinski definition) is 3. The van der Waals surface area contributed by atoms with Gasteiger partial charge in [0.15, 0.2) is 0 Å². The summed E-state index contributed by atoms with van der Waals surface area (Å²) in [5.74, 6) is -1.73. The van der Waals surface area contributed by atoms with E-state index in [4.69, 9.17) is 0 Å². The van der Waals surface area contributed by atoms with Gasteiger partial charge in [0.05, 0.1) is 30.7 Å². The number of aromatic nitrogens is 2. The third-order valence-electron chi connectivity index (χ3n) is 4.26. The van der Waals surface area contributed by atoms with Gasteiger partial charge in [0, 0.05) is 13.6 Å². The number of imidazole rings is 1. The van der Waals surface area contributed by atoms with Crippen molar-refractivity contribution < 1.29 is 14.7 Å². The van der Waals surface area contributed by atoms with E-state index >= 15 is 0 Å². The number of fused-ring (bicyclic) bond motifs is 1. The average Bonchev–Trinajstić information content (AvgIpc) is 2.90. The quantitative estimate of drug-likeness (QED) is 0.931. The van der Waals surface area contributed by atoms with Crippen molar-refractivity contribution in [3.05, 3.63) is 53.1 Å². The summed E-state index contributed by atoms with van der Waals surface area (Å²) in [4.78, 5) is 29.9. The van der Waals surface area contributed by atoms with E-state index in [-0.39, 0.29) is 18.9 Å². The van der Waals surface area contributed by atoms with Gasteiger partial charge < -0.3 is 14.6 Å². The molecule has 0 spiro atoms. The summed E-state index contributed by atoms with van der Waals surface area (Å²) in [7, 11) is 1.78.